The minimum absolute atomic E-state index is 0.736. The smallest absolute Gasteiger partial charge is 0.0491 e. The summed E-state index contributed by atoms with van der Waals surface area (Å²) in [5, 5.41) is 1.51. The molecule has 4 aromatic carbocycles. The Morgan fingerprint density at radius 1 is 0.429 bits per heavy atom. The van der Waals surface area contributed by atoms with Crippen LogP contribution in [0.4, 0.5) is 0 Å². The third kappa shape index (κ3) is 2.08. The molecule has 0 nitrogen and oxygen atoms in total. The van der Waals surface area contributed by atoms with Crippen LogP contribution in [-0.4, -0.2) is 0 Å². The molecule has 0 radical (unpaired) electrons. The molecule has 0 saturated heterocycles. The number of benzene rings is 4. The van der Waals surface area contributed by atoms with Crippen LogP contribution < -0.4 is 0 Å². The van der Waals surface area contributed by atoms with Crippen molar-refractivity contribution in [3.63, 3.8) is 0 Å². The van der Waals surface area contributed by atoms with Gasteiger partial charge in [0, 0.05) is 21.2 Å². The van der Waals surface area contributed by atoms with Crippen LogP contribution in [0.2, 0.25) is 10.0 Å². The minimum atomic E-state index is 0.736. The van der Waals surface area contributed by atoms with Crippen molar-refractivity contribution in [1.82, 2.24) is 0 Å². The average molecular weight is 397 g/mol. The Kier molecular flexibility index (Phi) is 3.38. The summed E-state index contributed by atoms with van der Waals surface area (Å²) in [7, 11) is 0. The van der Waals surface area contributed by atoms with Gasteiger partial charge in [0.2, 0.25) is 0 Å². The van der Waals surface area contributed by atoms with E-state index in [1.165, 1.54) is 44.5 Å². The van der Waals surface area contributed by atoms with E-state index in [0.717, 1.165) is 21.2 Å². The summed E-state index contributed by atoms with van der Waals surface area (Å²) in [6.07, 6.45) is 0. The highest BCUT2D eigenvalue weighted by Gasteiger charge is 2.33. The first-order valence-electron chi connectivity index (χ1n) is 9.26. The maximum atomic E-state index is 6.76. The predicted octanol–water partition coefficient (Wildman–Crippen LogP) is 7.96. The Balaban J connectivity index is 1.84. The van der Waals surface area contributed by atoms with Crippen molar-refractivity contribution in [2.45, 2.75) is 0 Å². The van der Waals surface area contributed by atoms with Gasteiger partial charge in [0.1, 0.15) is 0 Å². The first-order chi connectivity index (χ1) is 13.7. The van der Waals surface area contributed by atoms with Gasteiger partial charge in [-0.05, 0) is 62.7 Å². The van der Waals surface area contributed by atoms with Crippen LogP contribution in [0.5, 0.6) is 0 Å². The van der Waals surface area contributed by atoms with E-state index in [-0.39, 0.29) is 0 Å². The molecule has 132 valence electrons. The van der Waals surface area contributed by atoms with Crippen molar-refractivity contribution >= 4 is 34.3 Å². The summed E-state index contributed by atoms with van der Waals surface area (Å²) < 4.78 is 0. The second kappa shape index (κ2) is 5.85. The van der Waals surface area contributed by atoms with Gasteiger partial charge < -0.3 is 0 Å². The number of rotatable bonds is 0. The highest BCUT2D eigenvalue weighted by Crippen LogP contribution is 2.55. The molecule has 2 heteroatoms. The van der Waals surface area contributed by atoms with Gasteiger partial charge in [0.05, 0.1) is 0 Å². The third-order valence-corrected chi connectivity index (χ3v) is 6.29. The normalized spacial score (nSPS) is 13.2. The van der Waals surface area contributed by atoms with Crippen LogP contribution >= 0.6 is 23.2 Å². The predicted molar refractivity (Wildman–Crippen MR) is 119 cm³/mol. The lowest BCUT2D eigenvalue weighted by molar-refractivity contribution is 1.62. The van der Waals surface area contributed by atoms with Gasteiger partial charge >= 0.3 is 0 Å². The number of halogens is 2. The Hall–Kier alpha value is -2.80. The molecule has 0 amide bonds. The summed E-state index contributed by atoms with van der Waals surface area (Å²) in [6.45, 7) is 0. The molecule has 0 N–H and O–H groups in total. The zero-order valence-corrected chi connectivity index (χ0v) is 16.4. The average Bonchev–Trinajstić information content (AvgIpc) is 3.21. The molecule has 2 aliphatic rings. The Morgan fingerprint density at radius 2 is 1.00 bits per heavy atom. The van der Waals surface area contributed by atoms with Crippen LogP contribution in [0.3, 0.4) is 0 Å². The van der Waals surface area contributed by atoms with Gasteiger partial charge in [-0.3, -0.25) is 0 Å². The second-order valence-electron chi connectivity index (χ2n) is 7.19. The van der Waals surface area contributed by atoms with Gasteiger partial charge in [-0.25, -0.2) is 0 Å². The Morgan fingerprint density at radius 3 is 1.68 bits per heavy atom. The summed E-state index contributed by atoms with van der Waals surface area (Å²) in [5.74, 6) is 0. The molecule has 0 bridgehead atoms. The fourth-order valence-corrected chi connectivity index (χ4v) is 5.08. The molecule has 28 heavy (non-hydrogen) atoms. The van der Waals surface area contributed by atoms with Crippen molar-refractivity contribution in [3.05, 3.63) is 117 Å². The highest BCUT2D eigenvalue weighted by atomic mass is 35.5. The minimum Gasteiger partial charge on any atom is -0.0843 e. The number of hydrogen-bond donors (Lipinski definition) is 0. The number of hydrogen-bond acceptors (Lipinski definition) is 0. The largest absolute Gasteiger partial charge is 0.0843 e. The quantitative estimate of drug-likeness (QED) is 0.244. The maximum absolute atomic E-state index is 6.76. The van der Waals surface area contributed by atoms with Crippen molar-refractivity contribution in [3.8, 4) is 22.3 Å². The molecular weight excluding hydrogens is 383 g/mol. The lowest BCUT2D eigenvalue weighted by Crippen LogP contribution is -1.91. The summed E-state index contributed by atoms with van der Waals surface area (Å²) in [5.41, 5.74) is 12.1. The van der Waals surface area contributed by atoms with Crippen LogP contribution in [0.15, 0.2) is 84.9 Å². The summed E-state index contributed by atoms with van der Waals surface area (Å²) >= 11 is 13.2. The molecule has 0 saturated carbocycles. The topological polar surface area (TPSA) is 0 Å². The molecule has 2 aliphatic carbocycles. The summed E-state index contributed by atoms with van der Waals surface area (Å²) in [6, 6.07) is 29.5. The second-order valence-corrected chi connectivity index (χ2v) is 8.04. The van der Waals surface area contributed by atoms with Crippen LogP contribution in [-0.2, 0) is 0 Å². The van der Waals surface area contributed by atoms with E-state index in [2.05, 4.69) is 66.7 Å². The SMILES string of the molecule is Clc1ccc2c(c1)C(=C1c3ccccc3-c3ccccc31)c1c(Cl)cccc1-2. The standard InChI is InChI=1S/C26H14Cl2/c27-15-12-13-18-21-10-5-11-23(28)25(21)26(22(18)14-15)24-19-8-3-1-6-16(19)17-7-2-4-9-20(17)24/h1-14H. The van der Waals surface area contributed by atoms with E-state index in [1.807, 2.05) is 18.2 Å². The van der Waals surface area contributed by atoms with E-state index < -0.39 is 0 Å². The third-order valence-electron chi connectivity index (χ3n) is 5.74. The van der Waals surface area contributed by atoms with Gasteiger partial charge in [-0.1, -0.05) is 89.9 Å². The van der Waals surface area contributed by atoms with E-state index >= 15 is 0 Å². The first kappa shape index (κ1) is 16.2. The van der Waals surface area contributed by atoms with E-state index in [1.54, 1.807) is 0 Å². The van der Waals surface area contributed by atoms with Crippen LogP contribution in [0, 0.1) is 0 Å². The molecule has 0 fully saturated rings. The Labute approximate surface area is 173 Å². The van der Waals surface area contributed by atoms with Gasteiger partial charge in [0.25, 0.3) is 0 Å². The number of fused-ring (bicyclic) bond motifs is 6. The molecule has 6 rings (SSSR count). The summed E-state index contributed by atoms with van der Waals surface area (Å²) in [4.78, 5) is 0. The maximum Gasteiger partial charge on any atom is 0.0491 e. The van der Waals surface area contributed by atoms with Crippen LogP contribution in [0.1, 0.15) is 22.3 Å². The molecule has 0 atom stereocenters. The van der Waals surface area contributed by atoms with Crippen molar-refractivity contribution in [2.75, 3.05) is 0 Å². The lowest BCUT2D eigenvalue weighted by atomic mass is 9.91. The van der Waals surface area contributed by atoms with Gasteiger partial charge in [0.15, 0.2) is 0 Å². The first-order valence-corrected chi connectivity index (χ1v) is 10.0. The molecule has 0 unspecified atom stereocenters. The molecule has 4 aromatic rings. The van der Waals surface area contributed by atoms with E-state index in [0.29, 0.717) is 0 Å². The van der Waals surface area contributed by atoms with E-state index in [9.17, 15) is 0 Å². The molecule has 0 aliphatic heterocycles. The van der Waals surface area contributed by atoms with E-state index in [4.69, 9.17) is 23.2 Å². The van der Waals surface area contributed by atoms with Gasteiger partial charge in [-0.15, -0.1) is 0 Å². The lowest BCUT2D eigenvalue weighted by Gasteiger charge is -2.12. The van der Waals surface area contributed by atoms with Crippen molar-refractivity contribution < 1.29 is 0 Å². The zero-order valence-electron chi connectivity index (χ0n) is 14.8. The zero-order chi connectivity index (χ0) is 18.8. The molecule has 0 heterocycles. The Bertz CT molecular complexity index is 1280. The van der Waals surface area contributed by atoms with Crippen molar-refractivity contribution in [1.29, 1.82) is 0 Å². The monoisotopic (exact) mass is 396 g/mol. The molecular formula is C26H14Cl2. The molecule has 0 spiro atoms. The van der Waals surface area contributed by atoms with Crippen LogP contribution in [0.25, 0.3) is 33.4 Å². The van der Waals surface area contributed by atoms with Crippen molar-refractivity contribution in [2.24, 2.45) is 0 Å². The fraction of sp³-hybridized carbons (Fsp3) is 0. The fourth-order valence-electron chi connectivity index (χ4n) is 4.64. The molecule has 0 aromatic heterocycles. The highest BCUT2D eigenvalue weighted by molar-refractivity contribution is 6.36. The van der Waals surface area contributed by atoms with Gasteiger partial charge in [-0.2, -0.15) is 0 Å².